The smallest absolute Gasteiger partial charge is 0.232 e. The van der Waals surface area contributed by atoms with E-state index in [-0.39, 0.29) is 17.3 Å². The molecule has 4 atom stereocenters. The van der Waals surface area contributed by atoms with E-state index < -0.39 is 22.6 Å². The van der Waals surface area contributed by atoms with E-state index in [9.17, 15) is 9.59 Å². The van der Waals surface area contributed by atoms with Crippen molar-refractivity contribution < 1.29 is 14.3 Å². The minimum Gasteiger partial charge on any atom is -0.385 e. The van der Waals surface area contributed by atoms with Gasteiger partial charge in [-0.3, -0.25) is 9.59 Å². The van der Waals surface area contributed by atoms with Gasteiger partial charge in [-0.05, 0) is 46.5 Å². The van der Waals surface area contributed by atoms with Crippen LogP contribution in [0.4, 0.5) is 0 Å². The number of halogens is 1. The van der Waals surface area contributed by atoms with Gasteiger partial charge >= 0.3 is 0 Å². The number of carbonyl (C=O) groups is 2. The predicted molar refractivity (Wildman–Crippen MR) is 96.6 cm³/mol. The molecule has 1 heterocycles. The van der Waals surface area contributed by atoms with Gasteiger partial charge in [0.25, 0.3) is 0 Å². The number of thiazole rings is 1. The average molecular weight is 426 g/mol. The molecule has 2 bridgehead atoms. The van der Waals surface area contributed by atoms with Gasteiger partial charge in [-0.15, -0.1) is 11.3 Å². The topological polar surface area (TPSA) is 108 Å². The third kappa shape index (κ3) is 1.80. The highest BCUT2D eigenvalue weighted by molar-refractivity contribution is 9.11. The van der Waals surface area contributed by atoms with Gasteiger partial charge in [0.1, 0.15) is 10.4 Å². The van der Waals surface area contributed by atoms with Gasteiger partial charge < -0.3 is 16.2 Å². The molecule has 4 rings (SSSR count). The zero-order valence-electron chi connectivity index (χ0n) is 13.8. The summed E-state index contributed by atoms with van der Waals surface area (Å²) in [5.41, 5.74) is 9.59. The lowest BCUT2D eigenvalue weighted by atomic mass is 9.55. The largest absolute Gasteiger partial charge is 0.385 e. The number of ether oxygens (including phenoxy) is 1. The fourth-order valence-electron chi connectivity index (χ4n) is 5.64. The molecule has 2 saturated carbocycles. The number of hydrogen-bond donors (Lipinski definition) is 2. The first-order valence-corrected chi connectivity index (χ1v) is 9.88. The molecule has 3 aliphatic carbocycles. The monoisotopic (exact) mass is 425 g/mol. The number of carbonyl (C=O) groups excluding carboxylic acids is 2. The van der Waals surface area contributed by atoms with Crippen molar-refractivity contribution in [2.75, 3.05) is 13.7 Å². The maximum atomic E-state index is 13.0. The molecule has 2 amide bonds. The van der Waals surface area contributed by atoms with Gasteiger partial charge in [-0.25, -0.2) is 4.98 Å². The maximum Gasteiger partial charge on any atom is 0.232 e. The van der Waals surface area contributed by atoms with Crippen molar-refractivity contribution in [3.05, 3.63) is 27.1 Å². The molecule has 0 aromatic carbocycles. The zero-order valence-corrected chi connectivity index (χ0v) is 16.2. The second kappa shape index (κ2) is 5.37. The van der Waals surface area contributed by atoms with Gasteiger partial charge in [-0.2, -0.15) is 0 Å². The first-order chi connectivity index (χ1) is 11.9. The van der Waals surface area contributed by atoms with Crippen LogP contribution in [0.5, 0.6) is 0 Å². The molecule has 6 nitrogen and oxygen atoms in total. The van der Waals surface area contributed by atoms with Gasteiger partial charge in [0.15, 0.2) is 0 Å². The molecule has 1 spiro atoms. The lowest BCUT2D eigenvalue weighted by Crippen LogP contribution is -2.62. The summed E-state index contributed by atoms with van der Waals surface area (Å²) in [6.45, 7) is 0.331. The van der Waals surface area contributed by atoms with Crippen LogP contribution in [0, 0.1) is 22.7 Å². The molecule has 0 saturated heterocycles. The Morgan fingerprint density at radius 1 is 1.32 bits per heavy atom. The van der Waals surface area contributed by atoms with Crippen LogP contribution < -0.4 is 11.5 Å². The van der Waals surface area contributed by atoms with Crippen LogP contribution in [0.3, 0.4) is 0 Å². The summed E-state index contributed by atoms with van der Waals surface area (Å²) in [6, 6.07) is 0. The summed E-state index contributed by atoms with van der Waals surface area (Å²) in [7, 11) is 1.58. The Hall–Kier alpha value is -1.25. The first kappa shape index (κ1) is 17.2. The number of allylic oxidation sites excluding steroid dienone is 2. The van der Waals surface area contributed by atoms with Gasteiger partial charge in [0.2, 0.25) is 11.8 Å². The molecule has 3 aliphatic rings. The Balaban J connectivity index is 2.03. The third-order valence-corrected chi connectivity index (χ3v) is 8.22. The van der Waals surface area contributed by atoms with Crippen LogP contribution in [-0.4, -0.2) is 30.5 Å². The fraction of sp³-hybridized carbons (Fsp3) is 0.588. The third-order valence-electron chi connectivity index (χ3n) is 6.61. The number of aromatic nitrogens is 1. The highest BCUT2D eigenvalue weighted by Gasteiger charge is 2.83. The molecule has 0 unspecified atom stereocenters. The predicted octanol–water partition coefficient (Wildman–Crippen LogP) is 1.73. The number of amides is 2. The maximum absolute atomic E-state index is 13.0. The van der Waals surface area contributed by atoms with Gasteiger partial charge in [-0.1, -0.05) is 12.2 Å². The van der Waals surface area contributed by atoms with Crippen molar-refractivity contribution in [1.82, 2.24) is 4.98 Å². The molecule has 1 aromatic rings. The SMILES string of the molecule is COCC[C@@]1(C(N)=O)[C@@H]2C=C[C@@H](C23CC3)[C@@]1(C(N)=O)c1ncc(Br)s1. The molecule has 4 N–H and O–H groups in total. The normalized spacial score (nSPS) is 36.9. The van der Waals surface area contributed by atoms with Crippen molar-refractivity contribution in [2.24, 2.45) is 34.1 Å². The summed E-state index contributed by atoms with van der Waals surface area (Å²) in [4.78, 5) is 30.4. The van der Waals surface area contributed by atoms with Crippen molar-refractivity contribution >= 4 is 39.1 Å². The molecular weight excluding hydrogens is 406 g/mol. The lowest BCUT2D eigenvalue weighted by molar-refractivity contribution is -0.144. The van der Waals surface area contributed by atoms with Crippen LogP contribution in [0.1, 0.15) is 24.3 Å². The summed E-state index contributed by atoms with van der Waals surface area (Å²) in [5, 5.41) is 0.574. The van der Waals surface area contributed by atoms with Gasteiger partial charge in [0, 0.05) is 19.6 Å². The van der Waals surface area contributed by atoms with E-state index in [4.69, 9.17) is 16.2 Å². The summed E-state index contributed by atoms with van der Waals surface area (Å²) in [6.07, 6.45) is 8.08. The lowest BCUT2D eigenvalue weighted by Gasteiger charge is -2.46. The summed E-state index contributed by atoms with van der Waals surface area (Å²) >= 11 is 4.78. The van der Waals surface area contributed by atoms with Crippen LogP contribution in [0.2, 0.25) is 0 Å². The Morgan fingerprint density at radius 2 is 2.00 bits per heavy atom. The van der Waals surface area contributed by atoms with Crippen LogP contribution in [-0.2, 0) is 19.7 Å². The van der Waals surface area contributed by atoms with E-state index in [0.29, 0.717) is 18.0 Å². The fourth-order valence-corrected chi connectivity index (χ4v) is 7.17. The molecule has 134 valence electrons. The van der Waals surface area contributed by atoms with E-state index >= 15 is 0 Å². The number of hydrogen-bond acceptors (Lipinski definition) is 5. The van der Waals surface area contributed by atoms with Crippen molar-refractivity contribution in [1.29, 1.82) is 0 Å². The molecular formula is C17H20BrN3O3S. The second-order valence-corrected chi connectivity index (χ2v) is 9.70. The van der Waals surface area contributed by atoms with E-state index in [0.717, 1.165) is 16.6 Å². The van der Waals surface area contributed by atoms with Crippen LogP contribution in [0.25, 0.3) is 0 Å². The average Bonchev–Trinajstić information content (AvgIpc) is 3.03. The number of nitrogens with zero attached hydrogens (tertiary/aromatic N) is 1. The van der Waals surface area contributed by atoms with Crippen LogP contribution >= 0.6 is 27.3 Å². The first-order valence-electron chi connectivity index (χ1n) is 8.27. The standard InChI is InChI=1S/C17H20BrN3O3S/c1-24-7-6-16(12(19)22)9-2-3-10(15(9)4-5-15)17(16,13(20)23)14-21-8-11(18)25-14/h2-3,8-10H,4-7H2,1H3,(H2,19,22)(H2,20,23)/t9-,10+,16+,17-/m1/s1. The van der Waals surface area contributed by atoms with Gasteiger partial charge in [0.05, 0.1) is 15.4 Å². The highest BCUT2D eigenvalue weighted by atomic mass is 79.9. The van der Waals surface area contributed by atoms with E-state index in [2.05, 4.69) is 33.1 Å². The zero-order chi connectivity index (χ0) is 18.0. The van der Waals surface area contributed by atoms with Crippen molar-refractivity contribution in [2.45, 2.75) is 24.7 Å². The molecule has 0 radical (unpaired) electrons. The molecule has 0 aliphatic heterocycles. The second-order valence-electron chi connectivity index (χ2n) is 7.29. The highest BCUT2D eigenvalue weighted by Crippen LogP contribution is 2.80. The molecule has 2 fully saturated rings. The Kier molecular flexibility index (Phi) is 3.69. The quantitative estimate of drug-likeness (QED) is 0.676. The number of methoxy groups -OCH3 is 1. The Bertz CT molecular complexity index is 790. The summed E-state index contributed by atoms with van der Waals surface area (Å²) < 4.78 is 6.08. The van der Waals surface area contributed by atoms with Crippen molar-refractivity contribution in [3.63, 3.8) is 0 Å². The Labute approximate surface area is 158 Å². The molecule has 8 heteroatoms. The number of primary amides is 2. The minimum absolute atomic E-state index is 0.101. The summed E-state index contributed by atoms with van der Waals surface area (Å²) in [5.74, 6) is -1.26. The Morgan fingerprint density at radius 3 is 2.48 bits per heavy atom. The molecule has 25 heavy (non-hydrogen) atoms. The minimum atomic E-state index is -1.22. The van der Waals surface area contributed by atoms with E-state index in [1.165, 1.54) is 11.3 Å². The van der Waals surface area contributed by atoms with Crippen molar-refractivity contribution in [3.8, 4) is 0 Å². The number of nitrogens with two attached hydrogens (primary N) is 2. The number of rotatable bonds is 6. The van der Waals surface area contributed by atoms with E-state index in [1.54, 1.807) is 13.3 Å². The molecule has 1 aromatic heterocycles. The van der Waals surface area contributed by atoms with E-state index in [1.807, 2.05) is 0 Å². The van der Waals surface area contributed by atoms with Crippen LogP contribution in [0.15, 0.2) is 22.1 Å².